The van der Waals surface area contributed by atoms with Crippen LogP contribution in [-0.4, -0.2) is 14.9 Å². The molecule has 1 rings (SSSR count). The lowest BCUT2D eigenvalue weighted by molar-refractivity contribution is 0.269. The van der Waals surface area contributed by atoms with E-state index in [0.717, 1.165) is 11.3 Å². The number of aromatic nitrogens is 2. The highest BCUT2D eigenvalue weighted by Gasteiger charge is 2.03. The summed E-state index contributed by atoms with van der Waals surface area (Å²) in [4.78, 5) is 0. The molecule has 56 valence electrons. The number of aliphatic hydroxyl groups is 1. The van der Waals surface area contributed by atoms with Crippen LogP contribution in [-0.2, 0) is 20.2 Å². The maximum atomic E-state index is 8.80. The molecule has 0 aliphatic rings. The maximum absolute atomic E-state index is 8.80. The first-order valence-electron chi connectivity index (χ1n) is 3.10. The molecule has 10 heavy (non-hydrogen) atoms. The van der Waals surface area contributed by atoms with E-state index in [-0.39, 0.29) is 6.61 Å². The lowest BCUT2D eigenvalue weighted by Gasteiger charge is -1.98. The average molecular weight is 141 g/mol. The van der Waals surface area contributed by atoms with Gasteiger partial charge in [0.15, 0.2) is 0 Å². The van der Waals surface area contributed by atoms with Gasteiger partial charge in [-0.15, -0.1) is 0 Å². The van der Waals surface area contributed by atoms with Crippen LogP contribution in [0, 0.1) is 0 Å². The van der Waals surface area contributed by atoms with Crippen molar-refractivity contribution in [3.05, 3.63) is 17.5 Å². The molecule has 1 heterocycles. The quantitative estimate of drug-likeness (QED) is 0.576. The molecule has 0 aliphatic heterocycles. The molecule has 4 heteroatoms. The molecule has 0 bridgehead atoms. The van der Waals surface area contributed by atoms with Crippen molar-refractivity contribution in [1.82, 2.24) is 9.78 Å². The fourth-order valence-corrected chi connectivity index (χ4v) is 0.883. The molecule has 3 N–H and O–H groups in total. The summed E-state index contributed by atoms with van der Waals surface area (Å²) < 4.78 is 1.63. The Bertz CT molecular complexity index is 219. The number of aryl methyl sites for hydroxylation is 1. The predicted octanol–water partition coefficient (Wildman–Crippen LogP) is -0.629. The number of aliphatic hydroxyl groups excluding tert-OH is 1. The zero-order valence-electron chi connectivity index (χ0n) is 5.91. The Hall–Kier alpha value is -0.870. The Morgan fingerprint density at radius 1 is 1.80 bits per heavy atom. The molecule has 1 aromatic rings. The van der Waals surface area contributed by atoms with Crippen LogP contribution in [0.4, 0.5) is 0 Å². The van der Waals surface area contributed by atoms with Crippen LogP contribution in [0.5, 0.6) is 0 Å². The summed E-state index contributed by atoms with van der Waals surface area (Å²) >= 11 is 0. The van der Waals surface area contributed by atoms with E-state index in [1.807, 2.05) is 0 Å². The fraction of sp³-hybridized carbons (Fsp3) is 0.500. The highest BCUT2D eigenvalue weighted by atomic mass is 16.3. The molecule has 0 unspecified atom stereocenters. The third-order valence-corrected chi connectivity index (χ3v) is 1.52. The zero-order valence-corrected chi connectivity index (χ0v) is 5.91. The van der Waals surface area contributed by atoms with Gasteiger partial charge in [-0.2, -0.15) is 5.10 Å². The Labute approximate surface area is 59.3 Å². The molecular weight excluding hydrogens is 130 g/mol. The van der Waals surface area contributed by atoms with Gasteiger partial charge < -0.3 is 10.8 Å². The van der Waals surface area contributed by atoms with Crippen LogP contribution < -0.4 is 5.73 Å². The third kappa shape index (κ3) is 1.03. The Kier molecular flexibility index (Phi) is 2.03. The molecule has 0 saturated carbocycles. The first kappa shape index (κ1) is 7.24. The molecule has 4 nitrogen and oxygen atoms in total. The van der Waals surface area contributed by atoms with Crippen LogP contribution in [0.25, 0.3) is 0 Å². The monoisotopic (exact) mass is 141 g/mol. The highest BCUT2D eigenvalue weighted by molar-refractivity contribution is 5.15. The van der Waals surface area contributed by atoms with Gasteiger partial charge in [0.05, 0.1) is 18.5 Å². The van der Waals surface area contributed by atoms with Crippen molar-refractivity contribution in [3.63, 3.8) is 0 Å². The van der Waals surface area contributed by atoms with Crippen molar-refractivity contribution in [2.75, 3.05) is 0 Å². The second-order valence-electron chi connectivity index (χ2n) is 2.10. The minimum absolute atomic E-state index is 0.00301. The zero-order chi connectivity index (χ0) is 7.56. The van der Waals surface area contributed by atoms with Gasteiger partial charge in [-0.05, 0) is 0 Å². The summed E-state index contributed by atoms with van der Waals surface area (Å²) in [6, 6.07) is 0. The first-order valence-corrected chi connectivity index (χ1v) is 3.10. The summed E-state index contributed by atoms with van der Waals surface area (Å²) in [5, 5.41) is 12.7. The van der Waals surface area contributed by atoms with E-state index in [2.05, 4.69) is 5.10 Å². The molecule has 0 aliphatic carbocycles. The van der Waals surface area contributed by atoms with Gasteiger partial charge >= 0.3 is 0 Å². The van der Waals surface area contributed by atoms with Crippen molar-refractivity contribution in [2.45, 2.75) is 13.2 Å². The van der Waals surface area contributed by atoms with Crippen LogP contribution in [0.2, 0.25) is 0 Å². The lowest BCUT2D eigenvalue weighted by atomic mass is 10.2. The molecule has 0 fully saturated rings. The van der Waals surface area contributed by atoms with Crippen molar-refractivity contribution in [2.24, 2.45) is 12.8 Å². The molecule has 0 amide bonds. The number of rotatable bonds is 2. The van der Waals surface area contributed by atoms with Gasteiger partial charge in [-0.3, -0.25) is 4.68 Å². The maximum Gasteiger partial charge on any atom is 0.0853 e. The van der Waals surface area contributed by atoms with Crippen LogP contribution in [0.15, 0.2) is 6.20 Å². The normalized spacial score (nSPS) is 10.3. The van der Waals surface area contributed by atoms with Gasteiger partial charge in [0.1, 0.15) is 0 Å². The summed E-state index contributed by atoms with van der Waals surface area (Å²) in [6.07, 6.45) is 1.67. The van der Waals surface area contributed by atoms with Gasteiger partial charge in [-0.1, -0.05) is 0 Å². The predicted molar refractivity (Wildman–Crippen MR) is 37.0 cm³/mol. The SMILES string of the molecule is Cn1ncc(CN)c1CO. The van der Waals surface area contributed by atoms with Crippen LogP contribution in [0.3, 0.4) is 0 Å². The van der Waals surface area contributed by atoms with E-state index < -0.39 is 0 Å². The highest BCUT2D eigenvalue weighted by Crippen LogP contribution is 2.04. The Morgan fingerprint density at radius 3 is 2.90 bits per heavy atom. The number of hydrogen-bond acceptors (Lipinski definition) is 3. The van der Waals surface area contributed by atoms with Crippen LogP contribution >= 0.6 is 0 Å². The van der Waals surface area contributed by atoms with E-state index >= 15 is 0 Å². The number of nitrogens with two attached hydrogens (primary N) is 1. The van der Waals surface area contributed by atoms with E-state index in [9.17, 15) is 0 Å². The van der Waals surface area contributed by atoms with Gasteiger partial charge in [0.2, 0.25) is 0 Å². The molecule has 0 atom stereocenters. The second-order valence-corrected chi connectivity index (χ2v) is 2.10. The number of nitrogens with zero attached hydrogens (tertiary/aromatic N) is 2. The standard InChI is InChI=1S/C6H11N3O/c1-9-6(4-10)5(2-7)3-8-9/h3,10H,2,4,7H2,1H3. The second kappa shape index (κ2) is 2.81. The van der Waals surface area contributed by atoms with E-state index in [0.29, 0.717) is 6.54 Å². The summed E-state index contributed by atoms with van der Waals surface area (Å²) in [5.41, 5.74) is 7.08. The molecule has 0 radical (unpaired) electrons. The van der Waals surface area contributed by atoms with Gasteiger partial charge in [0, 0.05) is 19.2 Å². The van der Waals surface area contributed by atoms with Crippen LogP contribution in [0.1, 0.15) is 11.3 Å². The number of hydrogen-bond donors (Lipinski definition) is 2. The third-order valence-electron chi connectivity index (χ3n) is 1.52. The van der Waals surface area contributed by atoms with Crippen molar-refractivity contribution < 1.29 is 5.11 Å². The summed E-state index contributed by atoms with van der Waals surface area (Å²) in [7, 11) is 1.78. The van der Waals surface area contributed by atoms with E-state index in [1.165, 1.54) is 0 Å². The smallest absolute Gasteiger partial charge is 0.0853 e. The van der Waals surface area contributed by atoms with Crippen molar-refractivity contribution in [1.29, 1.82) is 0 Å². The van der Waals surface area contributed by atoms with E-state index in [4.69, 9.17) is 10.8 Å². The van der Waals surface area contributed by atoms with Crippen molar-refractivity contribution >= 4 is 0 Å². The first-order chi connectivity index (χ1) is 4.79. The molecule has 1 aromatic heterocycles. The molecular formula is C6H11N3O. The summed E-state index contributed by atoms with van der Waals surface area (Å²) in [5.74, 6) is 0. The Morgan fingerprint density at radius 2 is 2.50 bits per heavy atom. The molecule has 0 saturated heterocycles. The summed E-state index contributed by atoms with van der Waals surface area (Å²) in [6.45, 7) is 0.437. The minimum Gasteiger partial charge on any atom is -0.390 e. The topological polar surface area (TPSA) is 64.1 Å². The Balaban J connectivity index is 3.01. The van der Waals surface area contributed by atoms with E-state index in [1.54, 1.807) is 17.9 Å². The van der Waals surface area contributed by atoms with Gasteiger partial charge in [0.25, 0.3) is 0 Å². The lowest BCUT2D eigenvalue weighted by Crippen LogP contribution is -2.03. The molecule has 0 aromatic carbocycles. The average Bonchev–Trinajstić information content (AvgIpc) is 2.30. The largest absolute Gasteiger partial charge is 0.390 e. The fourth-order valence-electron chi connectivity index (χ4n) is 0.883. The van der Waals surface area contributed by atoms with Gasteiger partial charge in [-0.25, -0.2) is 0 Å². The molecule has 0 spiro atoms. The minimum atomic E-state index is 0.00301. The van der Waals surface area contributed by atoms with Crippen molar-refractivity contribution in [3.8, 4) is 0 Å².